The van der Waals surface area contributed by atoms with Crippen LogP contribution in [-0.2, 0) is 4.79 Å². The van der Waals surface area contributed by atoms with Gasteiger partial charge in [-0.05, 0) is 67.9 Å². The lowest BCUT2D eigenvalue weighted by atomic mass is 9.94. The molecule has 1 aliphatic rings. The molecule has 2 aromatic carbocycles. The number of hydrogen-bond acceptors (Lipinski definition) is 4. The number of amides is 1. The van der Waals surface area contributed by atoms with Crippen molar-refractivity contribution in [3.05, 3.63) is 80.5 Å². The quantitative estimate of drug-likeness (QED) is 0.415. The molecule has 0 radical (unpaired) electrons. The van der Waals surface area contributed by atoms with Crippen LogP contribution >= 0.6 is 12.2 Å². The van der Waals surface area contributed by atoms with Crippen LogP contribution in [0.15, 0.2) is 53.7 Å². The Balaban J connectivity index is 1.96. The van der Waals surface area contributed by atoms with E-state index >= 15 is 0 Å². The van der Waals surface area contributed by atoms with Crippen molar-refractivity contribution >= 4 is 34.6 Å². The van der Waals surface area contributed by atoms with Gasteiger partial charge in [-0.2, -0.15) is 0 Å². The molecule has 3 rings (SSSR count). The van der Waals surface area contributed by atoms with Gasteiger partial charge in [0.05, 0.1) is 16.5 Å². The molecule has 0 spiro atoms. The molecular formula is C20H20N4O3S. The van der Waals surface area contributed by atoms with Crippen LogP contribution < -0.4 is 16.0 Å². The molecule has 3 N–H and O–H groups in total. The van der Waals surface area contributed by atoms with E-state index in [1.165, 1.54) is 12.1 Å². The molecule has 0 unspecified atom stereocenters. The molecule has 2 aromatic rings. The summed E-state index contributed by atoms with van der Waals surface area (Å²) in [6, 6.07) is 11.3. The molecule has 8 heteroatoms. The summed E-state index contributed by atoms with van der Waals surface area (Å²) in [6.07, 6.45) is 0. The molecule has 1 heterocycles. The minimum atomic E-state index is -0.514. The summed E-state index contributed by atoms with van der Waals surface area (Å²) >= 11 is 5.24. The molecule has 0 aliphatic carbocycles. The van der Waals surface area contributed by atoms with Crippen LogP contribution in [0.4, 0.5) is 11.4 Å². The molecule has 0 aromatic heterocycles. The summed E-state index contributed by atoms with van der Waals surface area (Å²) in [5, 5.41) is 20.3. The Labute approximate surface area is 168 Å². The maximum absolute atomic E-state index is 13.1. The fraction of sp³-hybridized carbons (Fsp3) is 0.200. The van der Waals surface area contributed by atoms with E-state index in [1.807, 2.05) is 32.0 Å². The van der Waals surface area contributed by atoms with Crippen molar-refractivity contribution in [2.75, 3.05) is 5.32 Å². The van der Waals surface area contributed by atoms with Crippen LogP contribution in [0.25, 0.3) is 0 Å². The Kier molecular flexibility index (Phi) is 5.41. The van der Waals surface area contributed by atoms with Crippen molar-refractivity contribution in [3.63, 3.8) is 0 Å². The van der Waals surface area contributed by atoms with Gasteiger partial charge >= 0.3 is 0 Å². The van der Waals surface area contributed by atoms with Gasteiger partial charge < -0.3 is 16.0 Å². The van der Waals surface area contributed by atoms with Crippen LogP contribution in [-0.4, -0.2) is 15.9 Å². The van der Waals surface area contributed by atoms with Crippen molar-refractivity contribution in [1.82, 2.24) is 10.6 Å². The van der Waals surface area contributed by atoms with Crippen LogP contribution in [0.5, 0.6) is 0 Å². The maximum Gasteiger partial charge on any atom is 0.269 e. The third-order valence-electron chi connectivity index (χ3n) is 4.80. The average molecular weight is 396 g/mol. The normalized spacial score (nSPS) is 16.2. The number of carbonyl (C=O) groups excluding carboxylic acids is 1. The van der Waals surface area contributed by atoms with E-state index in [4.69, 9.17) is 12.2 Å². The highest BCUT2D eigenvalue weighted by Gasteiger charge is 2.30. The van der Waals surface area contributed by atoms with E-state index in [0.717, 1.165) is 16.8 Å². The maximum atomic E-state index is 13.1. The van der Waals surface area contributed by atoms with Crippen molar-refractivity contribution in [2.24, 2.45) is 0 Å². The second-order valence-electron chi connectivity index (χ2n) is 6.62. The second-order valence-corrected chi connectivity index (χ2v) is 7.03. The molecule has 1 atom stereocenters. The minimum Gasteiger partial charge on any atom is -0.351 e. The largest absolute Gasteiger partial charge is 0.351 e. The summed E-state index contributed by atoms with van der Waals surface area (Å²) in [4.78, 5) is 23.6. The van der Waals surface area contributed by atoms with Crippen LogP contribution in [0.2, 0.25) is 0 Å². The summed E-state index contributed by atoms with van der Waals surface area (Å²) < 4.78 is 0. The zero-order valence-corrected chi connectivity index (χ0v) is 16.5. The number of nitro groups is 1. The van der Waals surface area contributed by atoms with E-state index < -0.39 is 11.0 Å². The third-order valence-corrected chi connectivity index (χ3v) is 5.02. The molecule has 0 fully saturated rings. The van der Waals surface area contributed by atoms with Gasteiger partial charge in [-0.1, -0.05) is 12.1 Å². The minimum absolute atomic E-state index is 0.0117. The molecule has 1 aliphatic heterocycles. The number of aryl methyl sites for hydroxylation is 1. The molecule has 0 saturated carbocycles. The van der Waals surface area contributed by atoms with Gasteiger partial charge in [0.2, 0.25) is 0 Å². The van der Waals surface area contributed by atoms with Crippen molar-refractivity contribution in [2.45, 2.75) is 26.8 Å². The van der Waals surface area contributed by atoms with E-state index in [2.05, 4.69) is 16.0 Å². The zero-order valence-electron chi connectivity index (χ0n) is 15.7. The molecule has 144 valence electrons. The predicted octanol–water partition coefficient (Wildman–Crippen LogP) is 3.64. The number of benzene rings is 2. The first-order chi connectivity index (χ1) is 13.3. The van der Waals surface area contributed by atoms with Gasteiger partial charge in [-0.25, -0.2) is 0 Å². The number of nitrogens with zero attached hydrogens (tertiary/aromatic N) is 1. The second kappa shape index (κ2) is 7.77. The van der Waals surface area contributed by atoms with Gasteiger partial charge in [-0.15, -0.1) is 0 Å². The number of hydrogen-bond donors (Lipinski definition) is 3. The first kappa shape index (κ1) is 19.5. The SMILES string of the molecule is CC1=C(C(=O)Nc2cccc(C)c2C)[C@@H](c2ccc([N+](=O)[O-])cc2)NC(=S)N1. The summed E-state index contributed by atoms with van der Waals surface area (Å²) in [6.45, 7) is 5.72. The fourth-order valence-electron chi connectivity index (χ4n) is 3.11. The number of nitro benzene ring substituents is 1. The Bertz CT molecular complexity index is 999. The van der Waals surface area contributed by atoms with Gasteiger partial charge in [0.25, 0.3) is 11.6 Å². The Morgan fingerprint density at radius 1 is 1.14 bits per heavy atom. The monoisotopic (exact) mass is 396 g/mol. The summed E-state index contributed by atoms with van der Waals surface area (Å²) in [5.74, 6) is -0.267. The number of rotatable bonds is 4. The van der Waals surface area contributed by atoms with E-state index in [9.17, 15) is 14.9 Å². The smallest absolute Gasteiger partial charge is 0.269 e. The van der Waals surface area contributed by atoms with Gasteiger partial charge in [0.15, 0.2) is 5.11 Å². The first-order valence-corrected chi connectivity index (χ1v) is 9.09. The number of thiocarbonyl (C=S) groups is 1. The first-order valence-electron chi connectivity index (χ1n) is 8.68. The van der Waals surface area contributed by atoms with Crippen molar-refractivity contribution in [1.29, 1.82) is 0 Å². The van der Waals surface area contributed by atoms with E-state index in [1.54, 1.807) is 19.1 Å². The molecular weight excluding hydrogens is 376 g/mol. The highest BCUT2D eigenvalue weighted by atomic mass is 32.1. The molecule has 0 bridgehead atoms. The van der Waals surface area contributed by atoms with Crippen LogP contribution in [0, 0.1) is 24.0 Å². The van der Waals surface area contributed by atoms with E-state index in [-0.39, 0.29) is 11.6 Å². The third kappa shape index (κ3) is 3.86. The highest BCUT2D eigenvalue weighted by Crippen LogP contribution is 2.29. The Hall–Kier alpha value is -3.26. The van der Waals surface area contributed by atoms with Gasteiger partial charge in [0.1, 0.15) is 0 Å². The highest BCUT2D eigenvalue weighted by molar-refractivity contribution is 7.80. The number of nitrogens with one attached hydrogen (secondary N) is 3. The number of carbonyl (C=O) groups is 1. The van der Waals surface area contributed by atoms with Gasteiger partial charge in [0, 0.05) is 23.5 Å². The number of allylic oxidation sites excluding steroid dienone is 1. The standard InChI is InChI=1S/C20H20N4O3S/c1-11-5-4-6-16(12(11)2)22-19(25)17-13(3)21-20(28)23-18(17)14-7-9-15(10-8-14)24(26)27/h4-10,18H,1-3H3,(H,22,25)(H2,21,23,28)/t18-/m1/s1. The fourth-order valence-corrected chi connectivity index (χ4v) is 3.38. The Morgan fingerprint density at radius 3 is 2.46 bits per heavy atom. The van der Waals surface area contributed by atoms with E-state index in [0.29, 0.717) is 21.9 Å². The van der Waals surface area contributed by atoms with Crippen molar-refractivity contribution < 1.29 is 9.72 Å². The lowest BCUT2D eigenvalue weighted by Crippen LogP contribution is -2.45. The zero-order chi connectivity index (χ0) is 20.4. The van der Waals surface area contributed by atoms with Gasteiger partial charge in [-0.3, -0.25) is 14.9 Å². The van der Waals surface area contributed by atoms with Crippen LogP contribution in [0.1, 0.15) is 29.7 Å². The molecule has 1 amide bonds. The Morgan fingerprint density at radius 2 is 1.82 bits per heavy atom. The number of non-ortho nitro benzene ring substituents is 1. The average Bonchev–Trinajstić information content (AvgIpc) is 2.64. The molecule has 7 nitrogen and oxygen atoms in total. The topological polar surface area (TPSA) is 96.3 Å². The number of anilines is 1. The lowest BCUT2D eigenvalue weighted by molar-refractivity contribution is -0.384. The predicted molar refractivity (Wildman–Crippen MR) is 112 cm³/mol. The summed E-state index contributed by atoms with van der Waals surface area (Å²) in [5.41, 5.74) is 4.62. The molecule has 0 saturated heterocycles. The lowest BCUT2D eigenvalue weighted by Gasteiger charge is -2.30. The molecule has 28 heavy (non-hydrogen) atoms. The van der Waals surface area contributed by atoms with Crippen LogP contribution in [0.3, 0.4) is 0 Å². The van der Waals surface area contributed by atoms with Crippen molar-refractivity contribution in [3.8, 4) is 0 Å². The summed E-state index contributed by atoms with van der Waals surface area (Å²) in [7, 11) is 0.